The number of nitrogens with one attached hydrogen (secondary N) is 1. The van der Waals surface area contributed by atoms with E-state index < -0.39 is 0 Å². The SMILES string of the molecule is CCNC1CC(Oc2cnn(CC)c2)C1OCC. The van der Waals surface area contributed by atoms with Gasteiger partial charge in [-0.15, -0.1) is 0 Å². The maximum absolute atomic E-state index is 5.93. The first-order valence-electron chi connectivity index (χ1n) is 6.82. The van der Waals surface area contributed by atoms with Gasteiger partial charge in [0.1, 0.15) is 12.2 Å². The number of aryl methyl sites for hydroxylation is 1. The Labute approximate surface area is 108 Å². The van der Waals surface area contributed by atoms with Crippen LogP contribution in [-0.4, -0.2) is 41.2 Å². The maximum Gasteiger partial charge on any atom is 0.157 e. The molecule has 1 aromatic rings. The van der Waals surface area contributed by atoms with Crippen molar-refractivity contribution >= 4 is 0 Å². The monoisotopic (exact) mass is 253 g/mol. The zero-order valence-corrected chi connectivity index (χ0v) is 11.4. The van der Waals surface area contributed by atoms with E-state index in [0.29, 0.717) is 6.04 Å². The van der Waals surface area contributed by atoms with E-state index in [9.17, 15) is 0 Å². The van der Waals surface area contributed by atoms with Crippen molar-refractivity contribution in [1.82, 2.24) is 15.1 Å². The van der Waals surface area contributed by atoms with Crippen molar-refractivity contribution in [1.29, 1.82) is 0 Å². The zero-order chi connectivity index (χ0) is 13.0. The normalized spacial score (nSPS) is 26.9. The molecule has 1 saturated carbocycles. The molecule has 0 amide bonds. The molecule has 1 aliphatic carbocycles. The number of hydrogen-bond acceptors (Lipinski definition) is 4. The first kappa shape index (κ1) is 13.4. The van der Waals surface area contributed by atoms with Crippen LogP contribution < -0.4 is 10.1 Å². The van der Waals surface area contributed by atoms with Gasteiger partial charge in [-0.25, -0.2) is 0 Å². The average Bonchev–Trinajstić information content (AvgIpc) is 2.82. The summed E-state index contributed by atoms with van der Waals surface area (Å²) >= 11 is 0. The van der Waals surface area contributed by atoms with Gasteiger partial charge >= 0.3 is 0 Å². The van der Waals surface area contributed by atoms with Gasteiger partial charge in [-0.3, -0.25) is 4.68 Å². The Morgan fingerprint density at radius 1 is 1.44 bits per heavy atom. The fraction of sp³-hybridized carbons (Fsp3) is 0.769. The van der Waals surface area contributed by atoms with Crippen molar-refractivity contribution in [2.75, 3.05) is 13.2 Å². The van der Waals surface area contributed by atoms with Gasteiger partial charge < -0.3 is 14.8 Å². The highest BCUT2D eigenvalue weighted by atomic mass is 16.5. The van der Waals surface area contributed by atoms with E-state index in [0.717, 1.165) is 31.9 Å². The highest BCUT2D eigenvalue weighted by molar-refractivity contribution is 5.14. The van der Waals surface area contributed by atoms with Crippen molar-refractivity contribution < 1.29 is 9.47 Å². The summed E-state index contributed by atoms with van der Waals surface area (Å²) < 4.78 is 13.5. The molecule has 5 heteroatoms. The highest BCUT2D eigenvalue weighted by Gasteiger charge is 2.43. The van der Waals surface area contributed by atoms with E-state index in [-0.39, 0.29) is 12.2 Å². The number of likely N-dealkylation sites (N-methyl/N-ethyl adjacent to an activating group) is 1. The van der Waals surface area contributed by atoms with Gasteiger partial charge in [-0.1, -0.05) is 6.92 Å². The summed E-state index contributed by atoms with van der Waals surface area (Å²) in [6.45, 7) is 8.75. The molecule has 102 valence electrons. The Balaban J connectivity index is 1.89. The summed E-state index contributed by atoms with van der Waals surface area (Å²) in [5.74, 6) is 0.835. The second-order valence-electron chi connectivity index (χ2n) is 4.51. The molecule has 1 fully saturated rings. The fourth-order valence-electron chi connectivity index (χ4n) is 2.33. The van der Waals surface area contributed by atoms with E-state index in [1.165, 1.54) is 0 Å². The first-order valence-corrected chi connectivity index (χ1v) is 6.82. The molecule has 1 heterocycles. The van der Waals surface area contributed by atoms with E-state index in [1.54, 1.807) is 6.20 Å². The molecule has 0 saturated heterocycles. The van der Waals surface area contributed by atoms with Crippen LogP contribution in [0.5, 0.6) is 5.75 Å². The summed E-state index contributed by atoms with van der Waals surface area (Å²) in [6, 6.07) is 0.418. The molecule has 1 aliphatic rings. The van der Waals surface area contributed by atoms with Gasteiger partial charge in [0.15, 0.2) is 5.75 Å². The summed E-state index contributed by atoms with van der Waals surface area (Å²) in [7, 11) is 0. The standard InChI is InChI=1S/C13H23N3O2/c1-4-14-11-7-12(13(11)17-6-3)18-10-8-15-16(5-2)9-10/h8-9,11-14H,4-7H2,1-3H3. The number of nitrogens with zero attached hydrogens (tertiary/aromatic N) is 2. The van der Waals surface area contributed by atoms with E-state index in [1.807, 2.05) is 17.8 Å². The predicted octanol–water partition coefficient (Wildman–Crippen LogP) is 1.44. The topological polar surface area (TPSA) is 48.3 Å². The Morgan fingerprint density at radius 2 is 2.28 bits per heavy atom. The van der Waals surface area contributed by atoms with Gasteiger partial charge in [0.25, 0.3) is 0 Å². The third-order valence-electron chi connectivity index (χ3n) is 3.30. The van der Waals surface area contributed by atoms with Crippen molar-refractivity contribution in [3.8, 4) is 5.75 Å². The van der Waals surface area contributed by atoms with Crippen LogP contribution in [0.25, 0.3) is 0 Å². The molecule has 3 atom stereocenters. The predicted molar refractivity (Wildman–Crippen MR) is 69.8 cm³/mol. The summed E-state index contributed by atoms with van der Waals surface area (Å²) in [5, 5.41) is 7.63. The average molecular weight is 253 g/mol. The molecular weight excluding hydrogens is 230 g/mol. The van der Waals surface area contributed by atoms with Crippen LogP contribution in [0, 0.1) is 0 Å². The van der Waals surface area contributed by atoms with E-state index in [2.05, 4.69) is 24.3 Å². The minimum atomic E-state index is 0.142. The molecule has 3 unspecified atom stereocenters. The molecule has 5 nitrogen and oxygen atoms in total. The molecule has 0 bridgehead atoms. The second-order valence-corrected chi connectivity index (χ2v) is 4.51. The molecule has 18 heavy (non-hydrogen) atoms. The zero-order valence-electron chi connectivity index (χ0n) is 11.4. The summed E-state index contributed by atoms with van der Waals surface area (Å²) in [4.78, 5) is 0. The number of hydrogen-bond donors (Lipinski definition) is 1. The largest absolute Gasteiger partial charge is 0.484 e. The molecule has 2 rings (SSSR count). The molecule has 1 N–H and O–H groups in total. The Morgan fingerprint density at radius 3 is 2.89 bits per heavy atom. The smallest absolute Gasteiger partial charge is 0.157 e. The molecular formula is C13H23N3O2. The van der Waals surface area contributed by atoms with Gasteiger partial charge in [-0.2, -0.15) is 5.10 Å². The van der Waals surface area contributed by atoms with Crippen LogP contribution in [0.4, 0.5) is 0 Å². The molecule has 0 radical (unpaired) electrons. The van der Waals surface area contributed by atoms with Crippen LogP contribution in [0.15, 0.2) is 12.4 Å². The maximum atomic E-state index is 5.93. The Kier molecular flexibility index (Phi) is 4.60. The van der Waals surface area contributed by atoms with Crippen LogP contribution >= 0.6 is 0 Å². The number of aromatic nitrogens is 2. The molecule has 0 aliphatic heterocycles. The third kappa shape index (κ3) is 2.84. The third-order valence-corrected chi connectivity index (χ3v) is 3.30. The van der Waals surface area contributed by atoms with E-state index >= 15 is 0 Å². The molecule has 0 spiro atoms. The van der Waals surface area contributed by atoms with Crippen molar-refractivity contribution in [2.45, 2.75) is 52.0 Å². The summed E-state index contributed by atoms with van der Waals surface area (Å²) in [5.41, 5.74) is 0. The van der Waals surface area contributed by atoms with Gasteiger partial charge in [-0.05, 0) is 20.4 Å². The van der Waals surface area contributed by atoms with Crippen molar-refractivity contribution in [3.63, 3.8) is 0 Å². The fourth-order valence-corrected chi connectivity index (χ4v) is 2.33. The van der Waals surface area contributed by atoms with Crippen molar-refractivity contribution in [3.05, 3.63) is 12.4 Å². The van der Waals surface area contributed by atoms with E-state index in [4.69, 9.17) is 9.47 Å². The Bertz CT molecular complexity index is 367. The second kappa shape index (κ2) is 6.20. The van der Waals surface area contributed by atoms with Crippen LogP contribution in [0.3, 0.4) is 0 Å². The van der Waals surface area contributed by atoms with Gasteiger partial charge in [0, 0.05) is 25.6 Å². The molecule has 1 aromatic heterocycles. The van der Waals surface area contributed by atoms with Crippen LogP contribution in [-0.2, 0) is 11.3 Å². The van der Waals surface area contributed by atoms with Crippen molar-refractivity contribution in [2.24, 2.45) is 0 Å². The van der Waals surface area contributed by atoms with Crippen LogP contribution in [0.1, 0.15) is 27.2 Å². The lowest BCUT2D eigenvalue weighted by Crippen LogP contribution is -2.61. The lowest BCUT2D eigenvalue weighted by Gasteiger charge is -2.43. The highest BCUT2D eigenvalue weighted by Crippen LogP contribution is 2.29. The number of rotatable bonds is 7. The quantitative estimate of drug-likeness (QED) is 0.799. The lowest BCUT2D eigenvalue weighted by molar-refractivity contribution is -0.104. The first-order chi connectivity index (χ1) is 8.78. The number of ether oxygens (including phenoxy) is 2. The molecule has 0 aromatic carbocycles. The van der Waals surface area contributed by atoms with Crippen LogP contribution in [0.2, 0.25) is 0 Å². The van der Waals surface area contributed by atoms with Gasteiger partial charge in [0.05, 0.1) is 12.4 Å². The summed E-state index contributed by atoms with van der Waals surface area (Å²) in [6.07, 6.45) is 5.00. The minimum absolute atomic E-state index is 0.142. The minimum Gasteiger partial charge on any atom is -0.484 e. The van der Waals surface area contributed by atoms with Gasteiger partial charge in [0.2, 0.25) is 0 Å². The Hall–Kier alpha value is -1.07. The lowest BCUT2D eigenvalue weighted by atomic mass is 9.85.